The van der Waals surface area contributed by atoms with Crippen LogP contribution in [0.4, 0.5) is 10.5 Å². The van der Waals surface area contributed by atoms with Crippen molar-refractivity contribution < 1.29 is 19.5 Å². The Morgan fingerprint density at radius 3 is 2.63 bits per heavy atom. The summed E-state index contributed by atoms with van der Waals surface area (Å²) in [6, 6.07) is 5.74. The van der Waals surface area contributed by atoms with E-state index in [1.54, 1.807) is 12.1 Å². The lowest BCUT2D eigenvalue weighted by Crippen LogP contribution is -2.29. The van der Waals surface area contributed by atoms with Crippen molar-refractivity contribution in [2.75, 3.05) is 11.9 Å². The average Bonchev–Trinajstić information content (AvgIpc) is 2.34. The van der Waals surface area contributed by atoms with Crippen LogP contribution in [-0.2, 0) is 4.79 Å². The summed E-state index contributed by atoms with van der Waals surface area (Å²) < 4.78 is 0. The van der Waals surface area contributed by atoms with Crippen molar-refractivity contribution in [1.82, 2.24) is 5.32 Å². The zero-order chi connectivity index (χ0) is 14.3. The number of amides is 3. The molecule has 1 aromatic carbocycles. The van der Waals surface area contributed by atoms with Gasteiger partial charge in [-0.1, -0.05) is 6.07 Å². The summed E-state index contributed by atoms with van der Waals surface area (Å²) in [5, 5.41) is 13.5. The molecule has 0 radical (unpaired) electrons. The Bertz CT molecular complexity index is 488. The van der Waals surface area contributed by atoms with E-state index in [2.05, 4.69) is 10.6 Å². The van der Waals surface area contributed by atoms with Crippen LogP contribution in [-0.4, -0.2) is 29.6 Å². The van der Waals surface area contributed by atoms with E-state index in [4.69, 9.17) is 10.8 Å². The molecular weight excluding hydrogens is 250 g/mol. The summed E-state index contributed by atoms with van der Waals surface area (Å²) in [6.45, 7) is 0.258. The second kappa shape index (κ2) is 7.00. The summed E-state index contributed by atoms with van der Waals surface area (Å²) in [6.07, 6.45) is 0.349. The minimum absolute atomic E-state index is 0.00254. The molecule has 0 spiro atoms. The lowest BCUT2D eigenvalue weighted by atomic mass is 10.2. The highest BCUT2D eigenvalue weighted by Crippen LogP contribution is 2.09. The van der Waals surface area contributed by atoms with Gasteiger partial charge in [0.2, 0.25) is 5.91 Å². The molecule has 0 aliphatic heterocycles. The van der Waals surface area contributed by atoms with Gasteiger partial charge in [-0.25, -0.2) is 4.79 Å². The minimum atomic E-state index is -0.906. The number of primary amides is 1. The van der Waals surface area contributed by atoms with Gasteiger partial charge >= 0.3 is 12.0 Å². The molecule has 7 nitrogen and oxygen atoms in total. The van der Waals surface area contributed by atoms with E-state index < -0.39 is 17.9 Å². The maximum Gasteiger partial charge on any atom is 0.319 e. The molecule has 102 valence electrons. The molecule has 0 aromatic heterocycles. The molecule has 1 rings (SSSR count). The molecule has 0 saturated carbocycles. The smallest absolute Gasteiger partial charge is 0.319 e. The van der Waals surface area contributed by atoms with Crippen molar-refractivity contribution >= 4 is 23.6 Å². The summed E-state index contributed by atoms with van der Waals surface area (Å²) in [5.74, 6) is -1.48. The molecule has 0 bridgehead atoms. The number of benzene rings is 1. The second-order valence-corrected chi connectivity index (χ2v) is 3.82. The van der Waals surface area contributed by atoms with E-state index in [1.807, 2.05) is 0 Å². The van der Waals surface area contributed by atoms with Gasteiger partial charge < -0.3 is 21.5 Å². The first-order valence-corrected chi connectivity index (χ1v) is 5.65. The van der Waals surface area contributed by atoms with Crippen LogP contribution in [0.5, 0.6) is 0 Å². The van der Waals surface area contributed by atoms with Crippen LogP contribution in [0, 0.1) is 0 Å². The molecule has 1 aromatic rings. The molecule has 19 heavy (non-hydrogen) atoms. The van der Waals surface area contributed by atoms with Gasteiger partial charge in [0.15, 0.2) is 0 Å². The summed E-state index contributed by atoms with van der Waals surface area (Å²) in [4.78, 5) is 32.7. The van der Waals surface area contributed by atoms with Crippen molar-refractivity contribution in [3.05, 3.63) is 29.8 Å². The minimum Gasteiger partial charge on any atom is -0.481 e. The monoisotopic (exact) mass is 265 g/mol. The zero-order valence-corrected chi connectivity index (χ0v) is 10.2. The van der Waals surface area contributed by atoms with Gasteiger partial charge in [-0.3, -0.25) is 9.59 Å². The number of anilines is 1. The molecule has 0 unspecified atom stereocenters. The third-order valence-corrected chi connectivity index (χ3v) is 2.26. The van der Waals surface area contributed by atoms with E-state index in [9.17, 15) is 14.4 Å². The summed E-state index contributed by atoms with van der Waals surface area (Å²) in [5.41, 5.74) is 5.85. The Morgan fingerprint density at radius 2 is 2.00 bits per heavy atom. The second-order valence-electron chi connectivity index (χ2n) is 3.82. The van der Waals surface area contributed by atoms with Crippen molar-refractivity contribution in [3.63, 3.8) is 0 Å². The van der Waals surface area contributed by atoms with Gasteiger partial charge in [0.1, 0.15) is 0 Å². The normalized spacial score (nSPS) is 9.68. The Labute approximate surface area is 109 Å². The van der Waals surface area contributed by atoms with Crippen molar-refractivity contribution in [2.24, 2.45) is 5.73 Å². The van der Waals surface area contributed by atoms with Crippen LogP contribution >= 0.6 is 0 Å². The number of hydrogen-bond donors (Lipinski definition) is 4. The number of carboxylic acid groups (broad SMARTS) is 1. The third-order valence-electron chi connectivity index (χ3n) is 2.26. The molecule has 7 heteroatoms. The lowest BCUT2D eigenvalue weighted by Gasteiger charge is -2.07. The first kappa shape index (κ1) is 14.5. The van der Waals surface area contributed by atoms with Crippen LogP contribution in [0.3, 0.4) is 0 Å². The SMILES string of the molecule is NC(=O)c1cccc(NC(=O)NCCCC(=O)O)c1. The topological polar surface area (TPSA) is 122 Å². The summed E-state index contributed by atoms with van der Waals surface area (Å²) >= 11 is 0. The first-order valence-electron chi connectivity index (χ1n) is 5.65. The maximum atomic E-state index is 11.5. The Morgan fingerprint density at radius 1 is 1.26 bits per heavy atom. The van der Waals surface area contributed by atoms with Crippen LogP contribution in [0.2, 0.25) is 0 Å². The fourth-order valence-electron chi connectivity index (χ4n) is 1.37. The molecule has 0 aliphatic carbocycles. The molecule has 0 aliphatic rings. The fourth-order valence-corrected chi connectivity index (χ4v) is 1.37. The fraction of sp³-hybridized carbons (Fsp3) is 0.250. The quantitative estimate of drug-likeness (QED) is 0.567. The first-order chi connectivity index (χ1) is 8.99. The number of carboxylic acids is 1. The lowest BCUT2D eigenvalue weighted by molar-refractivity contribution is -0.137. The molecule has 3 amide bonds. The Kier molecular flexibility index (Phi) is 5.34. The zero-order valence-electron chi connectivity index (χ0n) is 10.2. The van der Waals surface area contributed by atoms with E-state index in [-0.39, 0.29) is 13.0 Å². The van der Waals surface area contributed by atoms with Crippen LogP contribution < -0.4 is 16.4 Å². The predicted octanol–water partition coefficient (Wildman–Crippen LogP) is 0.772. The number of hydrogen-bond acceptors (Lipinski definition) is 3. The van der Waals surface area contributed by atoms with Crippen molar-refractivity contribution in [1.29, 1.82) is 0 Å². The van der Waals surface area contributed by atoms with E-state index in [0.29, 0.717) is 17.7 Å². The van der Waals surface area contributed by atoms with Crippen LogP contribution in [0.1, 0.15) is 23.2 Å². The largest absolute Gasteiger partial charge is 0.481 e. The molecular formula is C12H15N3O4. The highest BCUT2D eigenvalue weighted by atomic mass is 16.4. The highest BCUT2D eigenvalue weighted by Gasteiger charge is 2.05. The number of urea groups is 1. The van der Waals surface area contributed by atoms with Gasteiger partial charge in [0.25, 0.3) is 0 Å². The number of nitrogens with two attached hydrogens (primary N) is 1. The molecule has 5 N–H and O–H groups in total. The van der Waals surface area contributed by atoms with Gasteiger partial charge in [-0.05, 0) is 24.6 Å². The van der Waals surface area contributed by atoms with Crippen molar-refractivity contribution in [3.8, 4) is 0 Å². The Hall–Kier alpha value is -2.57. The summed E-state index contributed by atoms with van der Waals surface area (Å²) in [7, 11) is 0. The molecule has 0 atom stereocenters. The number of nitrogens with one attached hydrogen (secondary N) is 2. The molecule has 0 fully saturated rings. The van der Waals surface area contributed by atoms with Crippen LogP contribution in [0.15, 0.2) is 24.3 Å². The number of carbonyl (C=O) groups excluding carboxylic acids is 2. The maximum absolute atomic E-state index is 11.5. The van der Waals surface area contributed by atoms with Gasteiger partial charge in [-0.15, -0.1) is 0 Å². The van der Waals surface area contributed by atoms with Gasteiger partial charge in [0.05, 0.1) is 0 Å². The van der Waals surface area contributed by atoms with E-state index in [1.165, 1.54) is 12.1 Å². The number of aliphatic carboxylic acids is 1. The van der Waals surface area contributed by atoms with E-state index >= 15 is 0 Å². The van der Waals surface area contributed by atoms with Crippen LogP contribution in [0.25, 0.3) is 0 Å². The predicted molar refractivity (Wildman–Crippen MR) is 68.9 cm³/mol. The number of rotatable bonds is 6. The third kappa shape index (κ3) is 5.53. The van der Waals surface area contributed by atoms with E-state index in [0.717, 1.165) is 0 Å². The Balaban J connectivity index is 2.42. The van der Waals surface area contributed by atoms with Gasteiger partial charge in [0, 0.05) is 24.2 Å². The highest BCUT2D eigenvalue weighted by molar-refractivity contribution is 5.95. The van der Waals surface area contributed by atoms with Crippen molar-refractivity contribution in [2.45, 2.75) is 12.8 Å². The average molecular weight is 265 g/mol. The molecule has 0 saturated heterocycles. The number of carbonyl (C=O) groups is 3. The standard InChI is InChI=1S/C12H15N3O4/c13-11(18)8-3-1-4-9(7-8)15-12(19)14-6-2-5-10(16)17/h1,3-4,7H,2,5-6H2,(H2,13,18)(H,16,17)(H2,14,15,19). The van der Waals surface area contributed by atoms with Gasteiger partial charge in [-0.2, -0.15) is 0 Å². The molecule has 0 heterocycles.